The molecule has 3 aliphatic heterocycles. The third-order valence-corrected chi connectivity index (χ3v) is 6.84. The number of ether oxygens (including phenoxy) is 3. The Labute approximate surface area is 211 Å². The number of fused-ring (bicyclic) bond motifs is 3. The van der Waals surface area contributed by atoms with E-state index in [0.29, 0.717) is 73.2 Å². The van der Waals surface area contributed by atoms with E-state index in [2.05, 4.69) is 16.3 Å². The van der Waals surface area contributed by atoms with Crippen LogP contribution in [0.5, 0.6) is 17.2 Å². The molecule has 0 saturated carbocycles. The number of aliphatic hydroxyl groups is 1. The number of nitrogens with one attached hydrogen (secondary N) is 1. The number of urea groups is 1. The van der Waals surface area contributed by atoms with Crippen LogP contribution in [-0.4, -0.2) is 79.6 Å². The van der Waals surface area contributed by atoms with E-state index in [1.165, 1.54) is 0 Å². The fourth-order valence-corrected chi connectivity index (χ4v) is 5.32. The predicted molar refractivity (Wildman–Crippen MR) is 133 cm³/mol. The summed E-state index contributed by atoms with van der Waals surface area (Å²) in [5.74, 6) is 2.76. The number of carbonyl (C=O) groups excluding carboxylic acids is 1. The van der Waals surface area contributed by atoms with Crippen molar-refractivity contribution in [1.82, 2.24) is 9.80 Å². The maximum Gasteiger partial charge on any atom is 0.321 e. The fourth-order valence-electron chi connectivity index (χ4n) is 5.32. The van der Waals surface area contributed by atoms with Crippen LogP contribution in [0.4, 0.5) is 10.5 Å². The number of likely N-dealkylation sites (tertiary alicyclic amines) is 2. The van der Waals surface area contributed by atoms with Crippen LogP contribution >= 0.6 is 0 Å². The first-order chi connectivity index (χ1) is 17.6. The summed E-state index contributed by atoms with van der Waals surface area (Å²) in [6, 6.07) is 14.4. The molecule has 0 spiro atoms. The van der Waals surface area contributed by atoms with Crippen LogP contribution in [0.25, 0.3) is 0 Å². The SMILES string of the molecule is N#Cc1ccc(OCC(O)CN2CC3CC(C2)CN(C(=O)Nc2ccc4c(c2)OCCCO4)C3)cc1. The molecular weight excluding hydrogens is 460 g/mol. The Balaban J connectivity index is 1.09. The zero-order valence-electron chi connectivity index (χ0n) is 20.3. The molecule has 2 bridgehead atoms. The Kier molecular flexibility index (Phi) is 7.44. The minimum atomic E-state index is -0.613. The molecule has 2 fully saturated rings. The first kappa shape index (κ1) is 24.2. The zero-order valence-corrected chi connectivity index (χ0v) is 20.3. The Bertz CT molecular complexity index is 1090. The molecule has 2 saturated heterocycles. The molecule has 0 radical (unpaired) electrons. The highest BCUT2D eigenvalue weighted by molar-refractivity contribution is 5.89. The molecule has 3 heterocycles. The molecular formula is C27H32N4O5. The second kappa shape index (κ2) is 11.1. The van der Waals surface area contributed by atoms with Gasteiger partial charge in [0, 0.05) is 50.9 Å². The molecule has 3 unspecified atom stereocenters. The third-order valence-electron chi connectivity index (χ3n) is 6.84. The Hall–Kier alpha value is -3.48. The average molecular weight is 493 g/mol. The van der Waals surface area contributed by atoms with E-state index in [4.69, 9.17) is 19.5 Å². The summed E-state index contributed by atoms with van der Waals surface area (Å²) in [4.78, 5) is 17.2. The maximum atomic E-state index is 13.0. The summed E-state index contributed by atoms with van der Waals surface area (Å²) >= 11 is 0. The topological polar surface area (TPSA) is 107 Å². The van der Waals surface area contributed by atoms with Crippen LogP contribution in [0.3, 0.4) is 0 Å². The van der Waals surface area contributed by atoms with Crippen molar-refractivity contribution < 1.29 is 24.1 Å². The molecule has 0 aromatic heterocycles. The van der Waals surface area contributed by atoms with Gasteiger partial charge in [0.2, 0.25) is 0 Å². The van der Waals surface area contributed by atoms with Crippen molar-refractivity contribution in [2.75, 3.05) is 57.9 Å². The van der Waals surface area contributed by atoms with Crippen molar-refractivity contribution >= 4 is 11.7 Å². The number of nitriles is 1. The second-order valence-corrected chi connectivity index (χ2v) is 9.83. The summed E-state index contributed by atoms with van der Waals surface area (Å²) in [5, 5.41) is 22.4. The highest BCUT2D eigenvalue weighted by atomic mass is 16.5. The normalized spacial score (nSPS) is 22.2. The van der Waals surface area contributed by atoms with E-state index in [1.54, 1.807) is 24.3 Å². The molecule has 3 atom stereocenters. The number of β-amino-alcohol motifs (C(OH)–C–C–N with tert-alkyl or cyclic N) is 1. The van der Waals surface area contributed by atoms with E-state index in [-0.39, 0.29) is 12.6 Å². The van der Waals surface area contributed by atoms with E-state index >= 15 is 0 Å². The lowest BCUT2D eigenvalue weighted by atomic mass is 9.84. The van der Waals surface area contributed by atoms with Crippen molar-refractivity contribution in [3.8, 4) is 23.3 Å². The van der Waals surface area contributed by atoms with Crippen molar-refractivity contribution in [1.29, 1.82) is 5.26 Å². The number of hydrogen-bond donors (Lipinski definition) is 2. The Morgan fingerprint density at radius 2 is 1.81 bits per heavy atom. The van der Waals surface area contributed by atoms with E-state index in [9.17, 15) is 9.90 Å². The zero-order chi connectivity index (χ0) is 24.9. The molecule has 0 aliphatic carbocycles. The summed E-state index contributed by atoms with van der Waals surface area (Å²) in [6.07, 6.45) is 1.33. The van der Waals surface area contributed by atoms with Gasteiger partial charge in [-0.15, -0.1) is 0 Å². The van der Waals surface area contributed by atoms with Crippen LogP contribution < -0.4 is 19.5 Å². The lowest BCUT2D eigenvalue weighted by Crippen LogP contribution is -2.56. The fraction of sp³-hybridized carbons (Fsp3) is 0.481. The largest absolute Gasteiger partial charge is 0.491 e. The molecule has 190 valence electrons. The monoisotopic (exact) mass is 492 g/mol. The number of benzene rings is 2. The number of carbonyl (C=O) groups is 1. The molecule has 36 heavy (non-hydrogen) atoms. The highest BCUT2D eigenvalue weighted by Crippen LogP contribution is 2.33. The summed E-state index contributed by atoms with van der Waals surface area (Å²) in [5.41, 5.74) is 1.28. The van der Waals surface area contributed by atoms with Gasteiger partial charge in [-0.05, 0) is 54.7 Å². The lowest BCUT2D eigenvalue weighted by Gasteiger charge is -2.46. The van der Waals surface area contributed by atoms with E-state index < -0.39 is 6.10 Å². The van der Waals surface area contributed by atoms with Crippen molar-refractivity contribution in [2.24, 2.45) is 11.8 Å². The molecule has 2 aromatic rings. The summed E-state index contributed by atoms with van der Waals surface area (Å²) < 4.78 is 17.1. The van der Waals surface area contributed by atoms with Crippen LogP contribution in [0, 0.1) is 23.2 Å². The first-order valence-corrected chi connectivity index (χ1v) is 12.5. The van der Waals surface area contributed by atoms with Gasteiger partial charge in [-0.3, -0.25) is 4.90 Å². The molecule has 2 amide bonds. The molecule has 9 nitrogen and oxygen atoms in total. The highest BCUT2D eigenvalue weighted by Gasteiger charge is 2.36. The number of anilines is 1. The van der Waals surface area contributed by atoms with Crippen LogP contribution in [0.15, 0.2) is 42.5 Å². The van der Waals surface area contributed by atoms with Crippen molar-refractivity contribution in [3.63, 3.8) is 0 Å². The van der Waals surface area contributed by atoms with Gasteiger partial charge in [-0.2, -0.15) is 5.26 Å². The predicted octanol–water partition coefficient (Wildman–Crippen LogP) is 2.95. The molecule has 3 aliphatic rings. The van der Waals surface area contributed by atoms with Gasteiger partial charge in [0.1, 0.15) is 18.5 Å². The van der Waals surface area contributed by atoms with Crippen LogP contribution in [0.2, 0.25) is 0 Å². The second-order valence-electron chi connectivity index (χ2n) is 9.83. The first-order valence-electron chi connectivity index (χ1n) is 12.5. The van der Waals surface area contributed by atoms with Crippen molar-refractivity contribution in [2.45, 2.75) is 18.9 Å². The van der Waals surface area contributed by atoms with Crippen LogP contribution in [-0.2, 0) is 0 Å². The van der Waals surface area contributed by atoms with Crippen LogP contribution in [0.1, 0.15) is 18.4 Å². The smallest absolute Gasteiger partial charge is 0.321 e. The summed E-state index contributed by atoms with van der Waals surface area (Å²) in [7, 11) is 0. The van der Waals surface area contributed by atoms with Gasteiger partial charge >= 0.3 is 6.03 Å². The lowest BCUT2D eigenvalue weighted by molar-refractivity contribution is 0.0105. The average Bonchev–Trinajstić information content (AvgIpc) is 3.12. The molecule has 2 N–H and O–H groups in total. The molecule has 9 heteroatoms. The van der Waals surface area contributed by atoms with E-state index in [0.717, 1.165) is 25.9 Å². The molecule has 2 aromatic carbocycles. The third kappa shape index (κ3) is 6.01. The quantitative estimate of drug-likeness (QED) is 0.638. The standard InChI is InChI=1S/C27H32N4O5/c28-12-19-2-5-24(6-3-19)36-18-23(32)17-30-13-20-10-21(14-30)16-31(15-20)27(33)29-22-4-7-25-26(11-22)35-9-1-8-34-25/h2-7,11,20-21,23,32H,1,8-10,13-18H2,(H,29,33). The van der Waals surface area contributed by atoms with Gasteiger partial charge < -0.3 is 29.5 Å². The number of amides is 2. The minimum Gasteiger partial charge on any atom is -0.491 e. The minimum absolute atomic E-state index is 0.0940. The number of hydrogen-bond acceptors (Lipinski definition) is 7. The number of nitrogens with zero attached hydrogens (tertiary/aromatic N) is 3. The van der Waals surface area contributed by atoms with Crippen molar-refractivity contribution in [3.05, 3.63) is 48.0 Å². The maximum absolute atomic E-state index is 13.0. The number of piperidine rings is 2. The summed E-state index contributed by atoms with van der Waals surface area (Å²) in [6.45, 7) is 5.05. The number of aliphatic hydroxyl groups excluding tert-OH is 1. The van der Waals surface area contributed by atoms with Gasteiger partial charge in [0.25, 0.3) is 0 Å². The van der Waals surface area contributed by atoms with Gasteiger partial charge in [0.05, 0.1) is 24.8 Å². The Morgan fingerprint density at radius 3 is 2.53 bits per heavy atom. The van der Waals surface area contributed by atoms with E-state index in [1.807, 2.05) is 23.1 Å². The number of rotatable bonds is 6. The van der Waals surface area contributed by atoms with Gasteiger partial charge in [-0.1, -0.05) is 0 Å². The molecule has 5 rings (SSSR count). The van der Waals surface area contributed by atoms with Gasteiger partial charge in [-0.25, -0.2) is 4.79 Å². The van der Waals surface area contributed by atoms with Gasteiger partial charge in [0.15, 0.2) is 11.5 Å². The Morgan fingerprint density at radius 1 is 1.08 bits per heavy atom.